The standard InChI is InChI=1S/C20H21ClN2O3S2/c1-26-17-8-4-15(5-9-17)11-27-20-22-18-12-28(24,25)13-19(18)23(20)10-14-2-6-16(21)7-3-14/h2-9,18-19H,10-13H2,1H3/t18-,19+/m0/s1. The second kappa shape index (κ2) is 7.97. The van der Waals surface area contributed by atoms with Crippen molar-refractivity contribution in [1.29, 1.82) is 0 Å². The number of halogens is 1. The molecule has 0 aliphatic carbocycles. The van der Waals surface area contributed by atoms with Gasteiger partial charge < -0.3 is 9.64 Å². The molecule has 0 unspecified atom stereocenters. The van der Waals surface area contributed by atoms with Crippen molar-refractivity contribution in [2.75, 3.05) is 18.6 Å². The Kier molecular flexibility index (Phi) is 5.58. The monoisotopic (exact) mass is 436 g/mol. The molecule has 0 bridgehead atoms. The van der Waals surface area contributed by atoms with E-state index in [1.807, 2.05) is 48.5 Å². The minimum Gasteiger partial charge on any atom is -0.497 e. The van der Waals surface area contributed by atoms with Crippen molar-refractivity contribution in [2.24, 2.45) is 4.99 Å². The average Bonchev–Trinajstić information content (AvgIpc) is 3.14. The normalized spacial score (nSPS) is 22.8. The third kappa shape index (κ3) is 4.31. The van der Waals surface area contributed by atoms with Crippen LogP contribution < -0.4 is 4.74 Å². The number of thioether (sulfide) groups is 1. The molecule has 2 aliphatic heterocycles. The van der Waals surface area contributed by atoms with Crippen LogP contribution in [-0.2, 0) is 22.1 Å². The van der Waals surface area contributed by atoms with Crippen LogP contribution in [0.3, 0.4) is 0 Å². The Labute approximate surface area is 174 Å². The van der Waals surface area contributed by atoms with Crippen molar-refractivity contribution in [3.63, 3.8) is 0 Å². The fourth-order valence-electron chi connectivity index (χ4n) is 3.55. The van der Waals surface area contributed by atoms with E-state index in [1.54, 1.807) is 18.9 Å². The molecule has 2 atom stereocenters. The van der Waals surface area contributed by atoms with Gasteiger partial charge in [-0.1, -0.05) is 47.6 Å². The van der Waals surface area contributed by atoms with Crippen LogP contribution in [0.2, 0.25) is 5.02 Å². The molecular formula is C20H21ClN2O3S2. The first-order chi connectivity index (χ1) is 13.4. The molecule has 5 nitrogen and oxygen atoms in total. The van der Waals surface area contributed by atoms with E-state index in [1.165, 1.54) is 5.56 Å². The number of amidine groups is 1. The summed E-state index contributed by atoms with van der Waals surface area (Å²) in [5, 5.41) is 1.60. The molecule has 1 saturated heterocycles. The lowest BCUT2D eigenvalue weighted by Gasteiger charge is -2.26. The van der Waals surface area contributed by atoms with Crippen LogP contribution in [0.15, 0.2) is 53.5 Å². The summed E-state index contributed by atoms with van der Waals surface area (Å²) < 4.78 is 29.4. The molecule has 0 radical (unpaired) electrons. The maximum atomic E-state index is 12.1. The number of sulfone groups is 1. The van der Waals surface area contributed by atoms with Crippen molar-refractivity contribution in [3.8, 4) is 5.75 Å². The third-order valence-corrected chi connectivity index (χ3v) is 8.04. The van der Waals surface area contributed by atoms with Gasteiger partial charge in [-0.2, -0.15) is 0 Å². The summed E-state index contributed by atoms with van der Waals surface area (Å²) in [6.45, 7) is 0.627. The van der Waals surface area contributed by atoms with Crippen molar-refractivity contribution < 1.29 is 13.2 Å². The third-order valence-electron chi connectivity index (χ3n) is 5.01. The first-order valence-corrected chi connectivity index (χ1v) is 12.2. The van der Waals surface area contributed by atoms with E-state index in [-0.39, 0.29) is 23.6 Å². The van der Waals surface area contributed by atoms with Gasteiger partial charge in [-0.05, 0) is 35.4 Å². The number of fused-ring (bicyclic) bond motifs is 1. The zero-order chi connectivity index (χ0) is 19.7. The Morgan fingerprint density at radius 1 is 1.11 bits per heavy atom. The second-order valence-corrected chi connectivity index (χ2v) is 10.5. The first kappa shape index (κ1) is 19.6. The van der Waals surface area contributed by atoms with Gasteiger partial charge in [0.2, 0.25) is 0 Å². The molecule has 0 amide bonds. The first-order valence-electron chi connectivity index (χ1n) is 8.98. The van der Waals surface area contributed by atoms with Crippen LogP contribution in [0.4, 0.5) is 0 Å². The van der Waals surface area contributed by atoms with Gasteiger partial charge in [-0.15, -0.1) is 0 Å². The molecule has 2 aromatic rings. The number of hydrogen-bond donors (Lipinski definition) is 0. The van der Waals surface area contributed by atoms with Crippen LogP contribution in [0.1, 0.15) is 11.1 Å². The molecule has 4 rings (SSSR count). The average molecular weight is 437 g/mol. The number of nitrogens with zero attached hydrogens (tertiary/aromatic N) is 2. The Hall–Kier alpha value is -1.70. The van der Waals surface area contributed by atoms with Gasteiger partial charge in [-0.3, -0.25) is 4.99 Å². The highest BCUT2D eigenvalue weighted by Gasteiger charge is 2.46. The summed E-state index contributed by atoms with van der Waals surface area (Å²) in [6.07, 6.45) is 0. The van der Waals surface area contributed by atoms with Gasteiger partial charge in [0.25, 0.3) is 0 Å². The molecule has 0 saturated carbocycles. The molecule has 0 spiro atoms. The molecule has 2 aliphatic rings. The molecule has 2 aromatic carbocycles. The highest BCUT2D eigenvalue weighted by atomic mass is 35.5. The maximum absolute atomic E-state index is 12.1. The topological polar surface area (TPSA) is 59.0 Å². The number of ether oxygens (including phenoxy) is 1. The Balaban J connectivity index is 1.51. The van der Waals surface area contributed by atoms with Gasteiger partial charge in [-0.25, -0.2) is 8.42 Å². The Bertz CT molecular complexity index is 976. The van der Waals surface area contributed by atoms with Crippen LogP contribution in [0, 0.1) is 0 Å². The molecule has 1 fully saturated rings. The van der Waals surface area contributed by atoms with Gasteiger partial charge in [0.05, 0.1) is 30.7 Å². The van der Waals surface area contributed by atoms with Crippen molar-refractivity contribution in [2.45, 2.75) is 24.4 Å². The van der Waals surface area contributed by atoms with E-state index < -0.39 is 9.84 Å². The van der Waals surface area contributed by atoms with Gasteiger partial charge >= 0.3 is 0 Å². The SMILES string of the molecule is COc1ccc(CSC2=N[C@H]3CS(=O)(=O)C[C@H]3N2Cc2ccc(Cl)cc2)cc1. The largest absolute Gasteiger partial charge is 0.497 e. The Morgan fingerprint density at radius 3 is 2.46 bits per heavy atom. The lowest BCUT2D eigenvalue weighted by atomic mass is 10.1. The minimum absolute atomic E-state index is 0.0842. The van der Waals surface area contributed by atoms with Crippen LogP contribution >= 0.6 is 23.4 Å². The predicted molar refractivity (Wildman–Crippen MR) is 115 cm³/mol. The minimum atomic E-state index is -3.03. The maximum Gasteiger partial charge on any atom is 0.160 e. The summed E-state index contributed by atoms with van der Waals surface area (Å²) in [7, 11) is -1.38. The fourth-order valence-corrected chi connectivity index (χ4v) is 6.62. The molecule has 28 heavy (non-hydrogen) atoms. The van der Waals surface area contributed by atoms with E-state index in [9.17, 15) is 8.42 Å². The molecular weight excluding hydrogens is 416 g/mol. The number of rotatable bonds is 5. The van der Waals surface area contributed by atoms with E-state index in [4.69, 9.17) is 21.3 Å². The van der Waals surface area contributed by atoms with Crippen LogP contribution in [0.5, 0.6) is 5.75 Å². The zero-order valence-electron chi connectivity index (χ0n) is 15.4. The molecule has 0 aromatic heterocycles. The second-order valence-electron chi connectivity index (χ2n) is 7.01. The number of benzene rings is 2. The van der Waals surface area contributed by atoms with Crippen LogP contribution in [-0.4, -0.2) is 49.2 Å². The van der Waals surface area contributed by atoms with E-state index in [0.29, 0.717) is 11.6 Å². The van der Waals surface area contributed by atoms with E-state index in [0.717, 1.165) is 22.2 Å². The smallest absolute Gasteiger partial charge is 0.160 e. The summed E-state index contributed by atoms with van der Waals surface area (Å²) in [6, 6.07) is 15.4. The van der Waals surface area contributed by atoms with Crippen molar-refractivity contribution in [1.82, 2.24) is 4.90 Å². The van der Waals surface area contributed by atoms with E-state index in [2.05, 4.69) is 4.90 Å². The lowest BCUT2D eigenvalue weighted by molar-refractivity contribution is 0.343. The lowest BCUT2D eigenvalue weighted by Crippen LogP contribution is -2.38. The summed E-state index contributed by atoms with van der Waals surface area (Å²) in [5.74, 6) is 1.91. The highest BCUT2D eigenvalue weighted by molar-refractivity contribution is 8.13. The summed E-state index contributed by atoms with van der Waals surface area (Å²) in [4.78, 5) is 6.91. The summed E-state index contributed by atoms with van der Waals surface area (Å²) in [5.41, 5.74) is 2.26. The molecule has 8 heteroatoms. The predicted octanol–water partition coefficient (Wildman–Crippen LogP) is 3.62. The van der Waals surface area contributed by atoms with E-state index >= 15 is 0 Å². The summed E-state index contributed by atoms with van der Waals surface area (Å²) >= 11 is 7.65. The van der Waals surface area contributed by atoms with Gasteiger partial charge in [0, 0.05) is 17.3 Å². The van der Waals surface area contributed by atoms with Crippen LogP contribution in [0.25, 0.3) is 0 Å². The number of hydrogen-bond acceptors (Lipinski definition) is 6. The van der Waals surface area contributed by atoms with Gasteiger partial charge in [0.1, 0.15) is 5.75 Å². The fraction of sp³-hybridized carbons (Fsp3) is 0.350. The molecule has 0 N–H and O–H groups in total. The highest BCUT2D eigenvalue weighted by Crippen LogP contribution is 2.33. The van der Waals surface area contributed by atoms with Gasteiger partial charge in [0.15, 0.2) is 15.0 Å². The Morgan fingerprint density at radius 2 is 1.79 bits per heavy atom. The molecule has 148 valence electrons. The van der Waals surface area contributed by atoms with Crippen molar-refractivity contribution in [3.05, 3.63) is 64.7 Å². The molecule has 2 heterocycles. The quantitative estimate of drug-likeness (QED) is 0.716. The van der Waals surface area contributed by atoms with Crippen molar-refractivity contribution >= 4 is 38.4 Å². The number of aliphatic imine (C=N–C) groups is 1. The number of methoxy groups -OCH3 is 1. The zero-order valence-corrected chi connectivity index (χ0v) is 17.8.